The molecule has 1 aromatic rings. The van der Waals surface area contributed by atoms with Gasteiger partial charge in [0.2, 0.25) is 0 Å². The number of carbonyl (C=O) groups is 1. The highest BCUT2D eigenvalue weighted by Gasteiger charge is 2.15. The van der Waals surface area contributed by atoms with E-state index in [9.17, 15) is 4.79 Å². The second-order valence-corrected chi connectivity index (χ2v) is 2.71. The lowest BCUT2D eigenvalue weighted by Crippen LogP contribution is -2.36. The lowest BCUT2D eigenvalue weighted by molar-refractivity contribution is -0.142. The second kappa shape index (κ2) is 4.59. The SMILES string of the molecule is O=C(O)[C@@H](Cc1ccccc1)NO. The molecule has 0 fully saturated rings. The van der Waals surface area contributed by atoms with Crippen LogP contribution in [0.15, 0.2) is 30.3 Å². The highest BCUT2D eigenvalue weighted by molar-refractivity contribution is 5.73. The fourth-order valence-corrected chi connectivity index (χ4v) is 1.04. The summed E-state index contributed by atoms with van der Waals surface area (Å²) in [4.78, 5) is 10.5. The van der Waals surface area contributed by atoms with Gasteiger partial charge in [-0.05, 0) is 5.56 Å². The highest BCUT2D eigenvalue weighted by atomic mass is 16.5. The first kappa shape index (κ1) is 9.70. The quantitative estimate of drug-likeness (QED) is 0.597. The maximum atomic E-state index is 10.5. The van der Waals surface area contributed by atoms with E-state index in [0.29, 0.717) is 0 Å². The monoisotopic (exact) mass is 181 g/mol. The Morgan fingerprint density at radius 1 is 1.38 bits per heavy atom. The third kappa shape index (κ3) is 2.85. The topological polar surface area (TPSA) is 69.6 Å². The first-order chi connectivity index (χ1) is 6.24. The number of carboxylic acids is 1. The predicted molar refractivity (Wildman–Crippen MR) is 46.5 cm³/mol. The van der Waals surface area contributed by atoms with Crippen molar-refractivity contribution in [3.63, 3.8) is 0 Å². The Labute approximate surface area is 75.8 Å². The molecule has 1 aromatic carbocycles. The number of hydrogen-bond acceptors (Lipinski definition) is 3. The molecular formula is C9H11NO3. The molecule has 13 heavy (non-hydrogen) atoms. The summed E-state index contributed by atoms with van der Waals surface area (Å²) in [7, 11) is 0. The molecule has 0 aliphatic carbocycles. The van der Waals surface area contributed by atoms with Gasteiger partial charge in [0.05, 0.1) is 0 Å². The average Bonchev–Trinajstić information content (AvgIpc) is 2.15. The number of hydroxylamine groups is 1. The molecule has 4 heteroatoms. The molecule has 0 saturated heterocycles. The Balaban J connectivity index is 2.62. The average molecular weight is 181 g/mol. The molecule has 1 atom stereocenters. The fourth-order valence-electron chi connectivity index (χ4n) is 1.04. The Kier molecular flexibility index (Phi) is 3.42. The van der Waals surface area contributed by atoms with Gasteiger partial charge in [0.25, 0.3) is 0 Å². The number of hydrogen-bond donors (Lipinski definition) is 3. The molecule has 3 N–H and O–H groups in total. The normalized spacial score (nSPS) is 12.4. The van der Waals surface area contributed by atoms with Gasteiger partial charge in [0, 0.05) is 6.42 Å². The summed E-state index contributed by atoms with van der Waals surface area (Å²) in [6, 6.07) is 8.19. The van der Waals surface area contributed by atoms with Crippen molar-refractivity contribution in [2.75, 3.05) is 0 Å². The van der Waals surface area contributed by atoms with Crippen molar-refractivity contribution in [2.45, 2.75) is 12.5 Å². The number of rotatable bonds is 4. The van der Waals surface area contributed by atoms with E-state index < -0.39 is 12.0 Å². The van der Waals surface area contributed by atoms with Crippen LogP contribution in [0.25, 0.3) is 0 Å². The van der Waals surface area contributed by atoms with E-state index in [1.165, 1.54) is 0 Å². The van der Waals surface area contributed by atoms with Crippen molar-refractivity contribution in [1.82, 2.24) is 5.48 Å². The van der Waals surface area contributed by atoms with E-state index in [-0.39, 0.29) is 6.42 Å². The van der Waals surface area contributed by atoms with Crippen molar-refractivity contribution in [2.24, 2.45) is 0 Å². The van der Waals surface area contributed by atoms with Crippen LogP contribution in [0.3, 0.4) is 0 Å². The van der Waals surface area contributed by atoms with Gasteiger partial charge in [-0.1, -0.05) is 30.3 Å². The number of carboxylic acid groups (broad SMARTS) is 1. The summed E-state index contributed by atoms with van der Waals surface area (Å²) in [6.45, 7) is 0. The Hall–Kier alpha value is -1.39. The van der Waals surface area contributed by atoms with Crippen LogP contribution in [-0.2, 0) is 11.2 Å². The second-order valence-electron chi connectivity index (χ2n) is 2.71. The molecule has 0 aliphatic rings. The summed E-state index contributed by atoms with van der Waals surface area (Å²) < 4.78 is 0. The molecule has 0 radical (unpaired) electrons. The molecule has 0 aliphatic heterocycles. The van der Waals surface area contributed by atoms with E-state index in [1.807, 2.05) is 30.3 Å². The summed E-state index contributed by atoms with van der Waals surface area (Å²) in [5.41, 5.74) is 2.62. The standard InChI is InChI=1S/C9H11NO3/c11-9(12)8(10-13)6-7-4-2-1-3-5-7/h1-5,8,10,13H,6H2,(H,11,12)/t8-/m1/s1. The third-order valence-corrected chi connectivity index (χ3v) is 1.74. The van der Waals surface area contributed by atoms with Crippen LogP contribution >= 0.6 is 0 Å². The van der Waals surface area contributed by atoms with Gasteiger partial charge in [-0.3, -0.25) is 4.79 Å². The van der Waals surface area contributed by atoms with Gasteiger partial charge < -0.3 is 10.3 Å². The van der Waals surface area contributed by atoms with E-state index in [2.05, 4.69) is 0 Å². The van der Waals surface area contributed by atoms with Gasteiger partial charge in [-0.25, -0.2) is 0 Å². The van der Waals surface area contributed by atoms with Crippen LogP contribution in [0.1, 0.15) is 5.56 Å². The van der Waals surface area contributed by atoms with Crippen LogP contribution in [-0.4, -0.2) is 22.3 Å². The maximum absolute atomic E-state index is 10.5. The minimum Gasteiger partial charge on any atom is -0.480 e. The molecule has 70 valence electrons. The first-order valence-corrected chi connectivity index (χ1v) is 3.90. The van der Waals surface area contributed by atoms with Crippen molar-refractivity contribution < 1.29 is 15.1 Å². The molecule has 0 saturated carbocycles. The zero-order valence-corrected chi connectivity index (χ0v) is 6.97. The van der Waals surface area contributed by atoms with Crippen molar-refractivity contribution in [3.05, 3.63) is 35.9 Å². The van der Waals surface area contributed by atoms with Crippen molar-refractivity contribution in [3.8, 4) is 0 Å². The molecular weight excluding hydrogens is 170 g/mol. The third-order valence-electron chi connectivity index (χ3n) is 1.74. The Morgan fingerprint density at radius 2 is 2.00 bits per heavy atom. The molecule has 0 aromatic heterocycles. The molecule has 1 rings (SSSR count). The van der Waals surface area contributed by atoms with Crippen LogP contribution in [0, 0.1) is 0 Å². The smallest absolute Gasteiger partial charge is 0.323 e. The van der Waals surface area contributed by atoms with Gasteiger partial charge in [0.1, 0.15) is 6.04 Å². The van der Waals surface area contributed by atoms with Crippen LogP contribution in [0.5, 0.6) is 0 Å². The van der Waals surface area contributed by atoms with Crippen molar-refractivity contribution >= 4 is 5.97 Å². The van der Waals surface area contributed by atoms with Gasteiger partial charge in [-0.15, -0.1) is 0 Å². The zero-order chi connectivity index (χ0) is 9.68. The van der Waals surface area contributed by atoms with Crippen LogP contribution in [0.4, 0.5) is 0 Å². The maximum Gasteiger partial charge on any atom is 0.323 e. The number of nitrogens with one attached hydrogen (secondary N) is 1. The van der Waals surface area contributed by atoms with Crippen molar-refractivity contribution in [1.29, 1.82) is 0 Å². The predicted octanol–water partition coefficient (Wildman–Crippen LogP) is 0.661. The van der Waals surface area contributed by atoms with Gasteiger partial charge >= 0.3 is 5.97 Å². The Morgan fingerprint density at radius 3 is 2.46 bits per heavy atom. The lowest BCUT2D eigenvalue weighted by atomic mass is 10.1. The van der Waals surface area contributed by atoms with E-state index in [4.69, 9.17) is 10.3 Å². The largest absolute Gasteiger partial charge is 0.480 e. The van der Waals surface area contributed by atoms with E-state index in [1.54, 1.807) is 5.48 Å². The first-order valence-electron chi connectivity index (χ1n) is 3.90. The molecule has 0 spiro atoms. The van der Waals surface area contributed by atoms with Crippen LogP contribution in [0.2, 0.25) is 0 Å². The fraction of sp³-hybridized carbons (Fsp3) is 0.222. The zero-order valence-electron chi connectivity index (χ0n) is 6.97. The minimum absolute atomic E-state index is 0.271. The minimum atomic E-state index is -1.06. The van der Waals surface area contributed by atoms with Crippen LogP contribution < -0.4 is 5.48 Å². The summed E-state index contributed by atoms with van der Waals surface area (Å²) in [6.07, 6.45) is 0.271. The summed E-state index contributed by atoms with van der Waals surface area (Å²) in [5.74, 6) is -1.06. The number of benzene rings is 1. The lowest BCUT2D eigenvalue weighted by Gasteiger charge is -2.09. The van der Waals surface area contributed by atoms with E-state index >= 15 is 0 Å². The highest BCUT2D eigenvalue weighted by Crippen LogP contribution is 2.02. The number of aliphatic carboxylic acids is 1. The van der Waals surface area contributed by atoms with Gasteiger partial charge in [-0.2, -0.15) is 5.48 Å². The van der Waals surface area contributed by atoms with E-state index in [0.717, 1.165) is 5.56 Å². The van der Waals surface area contributed by atoms with Gasteiger partial charge in [0.15, 0.2) is 0 Å². The molecule has 0 unspecified atom stereocenters. The summed E-state index contributed by atoms with van der Waals surface area (Å²) in [5, 5.41) is 17.1. The molecule has 0 amide bonds. The molecule has 0 heterocycles. The Bertz CT molecular complexity index is 273. The summed E-state index contributed by atoms with van der Waals surface area (Å²) >= 11 is 0. The molecule has 0 bridgehead atoms. The molecule has 4 nitrogen and oxygen atoms in total.